The average Bonchev–Trinajstić information content (AvgIpc) is 2.97. The minimum Gasteiger partial charge on any atom is -0.354 e. The van der Waals surface area contributed by atoms with Crippen molar-refractivity contribution in [1.29, 1.82) is 0 Å². The summed E-state index contributed by atoms with van der Waals surface area (Å²) in [5.41, 5.74) is 1.01. The smallest absolute Gasteiger partial charge is 0.329 e. The topological polar surface area (TPSA) is 84.2 Å². The van der Waals surface area contributed by atoms with Gasteiger partial charge in [0.15, 0.2) is 0 Å². The summed E-state index contributed by atoms with van der Waals surface area (Å²) in [6.07, 6.45) is 2.19. The molecule has 0 saturated carbocycles. The van der Waals surface area contributed by atoms with Crippen molar-refractivity contribution in [2.24, 2.45) is 0 Å². The van der Waals surface area contributed by atoms with E-state index >= 15 is 0 Å². The third-order valence-corrected chi connectivity index (χ3v) is 3.57. The quantitative estimate of drug-likeness (QED) is 0.625. The molecule has 0 fully saturated rings. The van der Waals surface area contributed by atoms with Gasteiger partial charge in [0.05, 0.1) is 4.92 Å². The molecular formula is C13H17N5O2S. The van der Waals surface area contributed by atoms with Crippen molar-refractivity contribution in [3.05, 3.63) is 38.7 Å². The van der Waals surface area contributed by atoms with Gasteiger partial charge in [0, 0.05) is 20.1 Å². The maximum absolute atomic E-state index is 11.1. The molecule has 21 heavy (non-hydrogen) atoms. The lowest BCUT2D eigenvalue weighted by Crippen LogP contribution is -2.20. The normalized spacial score (nSPS) is 10.4. The fourth-order valence-electron chi connectivity index (χ4n) is 1.83. The van der Waals surface area contributed by atoms with Crippen LogP contribution >= 0.6 is 11.3 Å². The molecule has 0 aliphatic carbocycles. The molecule has 0 bridgehead atoms. The Morgan fingerprint density at radius 2 is 2.33 bits per heavy atom. The van der Waals surface area contributed by atoms with E-state index in [0.717, 1.165) is 18.5 Å². The summed E-state index contributed by atoms with van der Waals surface area (Å²) in [7, 11) is 1.79. The number of aromatic nitrogens is 2. The fourth-order valence-corrected chi connectivity index (χ4v) is 2.49. The third kappa shape index (κ3) is 3.88. The van der Waals surface area contributed by atoms with E-state index < -0.39 is 4.92 Å². The van der Waals surface area contributed by atoms with Crippen LogP contribution in [0.15, 0.2) is 23.0 Å². The van der Waals surface area contributed by atoms with Gasteiger partial charge < -0.3 is 10.2 Å². The summed E-state index contributed by atoms with van der Waals surface area (Å²) in [5, 5.41) is 18.2. The van der Waals surface area contributed by atoms with Gasteiger partial charge in [0.25, 0.3) is 0 Å². The highest BCUT2D eigenvalue weighted by atomic mass is 32.1. The summed E-state index contributed by atoms with van der Waals surface area (Å²) in [6.45, 7) is 3.32. The summed E-state index contributed by atoms with van der Waals surface area (Å²) in [5.74, 6) is 0.731. The lowest BCUT2D eigenvalue weighted by atomic mass is 10.3. The summed E-state index contributed by atoms with van der Waals surface area (Å²) >= 11 is 1.60. The Hall–Kier alpha value is -2.22. The number of nitrogens with one attached hydrogen (secondary N) is 1. The van der Waals surface area contributed by atoms with Gasteiger partial charge >= 0.3 is 5.69 Å². The van der Waals surface area contributed by atoms with Crippen LogP contribution in [0.2, 0.25) is 0 Å². The zero-order valence-corrected chi connectivity index (χ0v) is 12.8. The standard InChI is InChI=1S/C13H17N5O2S/c1-3-5-14-13-15-7-11(18(19)20)12(16-13)17(2)8-10-4-6-21-9-10/h4,6-7,9H,3,5,8H2,1-2H3,(H,14,15,16). The van der Waals surface area contributed by atoms with Crippen LogP contribution in [-0.4, -0.2) is 28.5 Å². The van der Waals surface area contributed by atoms with Crippen LogP contribution in [0.1, 0.15) is 18.9 Å². The van der Waals surface area contributed by atoms with Crippen molar-refractivity contribution in [3.8, 4) is 0 Å². The molecule has 2 aromatic heterocycles. The summed E-state index contributed by atoms with van der Waals surface area (Å²) in [6, 6.07) is 1.99. The van der Waals surface area contributed by atoms with Crippen LogP contribution in [-0.2, 0) is 6.54 Å². The molecule has 2 rings (SSSR count). The van der Waals surface area contributed by atoms with Gasteiger partial charge in [-0.05, 0) is 28.8 Å². The van der Waals surface area contributed by atoms with Gasteiger partial charge in [-0.3, -0.25) is 10.1 Å². The molecule has 0 atom stereocenters. The number of nitrogens with zero attached hydrogens (tertiary/aromatic N) is 4. The summed E-state index contributed by atoms with van der Waals surface area (Å²) in [4.78, 5) is 20.7. The first kappa shape index (κ1) is 15.2. The van der Waals surface area contributed by atoms with Crippen molar-refractivity contribution in [2.45, 2.75) is 19.9 Å². The van der Waals surface area contributed by atoms with Crippen molar-refractivity contribution < 1.29 is 4.92 Å². The number of thiophene rings is 1. The lowest BCUT2D eigenvalue weighted by molar-refractivity contribution is -0.384. The SMILES string of the molecule is CCCNc1ncc([N+](=O)[O-])c(N(C)Cc2ccsc2)n1. The van der Waals surface area contributed by atoms with Crippen LogP contribution in [0.25, 0.3) is 0 Å². The number of hydrogen-bond acceptors (Lipinski definition) is 7. The largest absolute Gasteiger partial charge is 0.354 e. The Labute approximate surface area is 126 Å². The molecule has 1 N–H and O–H groups in total. The van der Waals surface area contributed by atoms with E-state index in [4.69, 9.17) is 0 Å². The highest BCUT2D eigenvalue weighted by molar-refractivity contribution is 7.07. The van der Waals surface area contributed by atoms with Crippen molar-refractivity contribution in [2.75, 3.05) is 23.8 Å². The second-order valence-electron chi connectivity index (χ2n) is 4.57. The van der Waals surface area contributed by atoms with Crippen molar-refractivity contribution >= 4 is 28.8 Å². The molecular weight excluding hydrogens is 290 g/mol. The molecule has 0 spiro atoms. The molecule has 112 valence electrons. The monoisotopic (exact) mass is 307 g/mol. The van der Waals surface area contributed by atoms with E-state index in [-0.39, 0.29) is 5.69 Å². The molecule has 0 radical (unpaired) electrons. The van der Waals surface area contributed by atoms with Crippen molar-refractivity contribution in [1.82, 2.24) is 9.97 Å². The minimum absolute atomic E-state index is 0.0882. The van der Waals surface area contributed by atoms with Gasteiger partial charge in [0.2, 0.25) is 11.8 Å². The molecule has 8 heteroatoms. The highest BCUT2D eigenvalue weighted by Gasteiger charge is 2.21. The van der Waals surface area contributed by atoms with Gasteiger partial charge in [-0.1, -0.05) is 6.92 Å². The van der Waals surface area contributed by atoms with Crippen LogP contribution in [0.5, 0.6) is 0 Å². The van der Waals surface area contributed by atoms with Gasteiger partial charge in [-0.25, -0.2) is 4.98 Å². The Morgan fingerprint density at radius 1 is 1.52 bits per heavy atom. The second kappa shape index (κ2) is 6.98. The fraction of sp³-hybridized carbons (Fsp3) is 0.385. The van der Waals surface area contributed by atoms with Gasteiger partial charge in [0.1, 0.15) is 6.20 Å². The maximum atomic E-state index is 11.1. The molecule has 7 nitrogen and oxygen atoms in total. The number of nitro groups is 1. The summed E-state index contributed by atoms with van der Waals surface area (Å²) < 4.78 is 0. The molecule has 2 aromatic rings. The van der Waals surface area contributed by atoms with Crippen molar-refractivity contribution in [3.63, 3.8) is 0 Å². The Balaban J connectivity index is 2.26. The molecule has 0 amide bonds. The Bertz CT molecular complexity index is 603. The van der Waals surface area contributed by atoms with E-state index in [1.54, 1.807) is 23.3 Å². The Kier molecular flexibility index (Phi) is 5.04. The molecule has 0 saturated heterocycles. The maximum Gasteiger partial charge on any atom is 0.329 e. The van der Waals surface area contributed by atoms with E-state index in [9.17, 15) is 10.1 Å². The first-order chi connectivity index (χ1) is 10.1. The van der Waals surface area contributed by atoms with Crippen LogP contribution < -0.4 is 10.2 Å². The van der Waals surface area contributed by atoms with Crippen LogP contribution in [0.4, 0.5) is 17.5 Å². The van der Waals surface area contributed by atoms with Crippen LogP contribution in [0.3, 0.4) is 0 Å². The minimum atomic E-state index is -0.455. The molecule has 2 heterocycles. The van der Waals surface area contributed by atoms with E-state index in [1.807, 2.05) is 23.8 Å². The molecule has 0 aromatic carbocycles. The number of rotatable bonds is 7. The zero-order valence-electron chi connectivity index (χ0n) is 11.9. The number of hydrogen-bond donors (Lipinski definition) is 1. The number of anilines is 2. The van der Waals surface area contributed by atoms with E-state index in [1.165, 1.54) is 6.20 Å². The molecule has 0 unspecified atom stereocenters. The average molecular weight is 307 g/mol. The Morgan fingerprint density at radius 3 is 2.95 bits per heavy atom. The molecule has 0 aliphatic heterocycles. The lowest BCUT2D eigenvalue weighted by Gasteiger charge is -2.17. The highest BCUT2D eigenvalue weighted by Crippen LogP contribution is 2.26. The second-order valence-corrected chi connectivity index (χ2v) is 5.35. The van der Waals surface area contributed by atoms with E-state index in [0.29, 0.717) is 18.3 Å². The van der Waals surface area contributed by atoms with Gasteiger partial charge in [-0.2, -0.15) is 16.3 Å². The first-order valence-corrected chi connectivity index (χ1v) is 7.53. The predicted octanol–water partition coefficient (Wildman–Crippen LogP) is 2.90. The molecule has 0 aliphatic rings. The first-order valence-electron chi connectivity index (χ1n) is 6.59. The van der Waals surface area contributed by atoms with E-state index in [2.05, 4.69) is 15.3 Å². The zero-order chi connectivity index (χ0) is 15.2. The predicted molar refractivity (Wildman–Crippen MR) is 83.9 cm³/mol. The van der Waals surface area contributed by atoms with Gasteiger partial charge in [-0.15, -0.1) is 0 Å². The third-order valence-electron chi connectivity index (χ3n) is 2.84. The van der Waals surface area contributed by atoms with Crippen LogP contribution in [0, 0.1) is 10.1 Å².